The van der Waals surface area contributed by atoms with E-state index in [1.165, 1.54) is 38.5 Å². The number of H-pyrrole nitrogens is 1. The number of hydrogen-bond donors (Lipinski definition) is 3. The standard InChI is InChI=1S/C17H28N4O2/c18-16(13-7-9-23-10-8-13)17(22)19-15-11-14(20-21-15)12-5-3-1-2-4-6-12/h11-13,16H,1-10,18H2,(H2,19,20,21,22). The number of rotatable bonds is 4. The number of aromatic nitrogens is 2. The van der Waals surface area contributed by atoms with Crippen molar-refractivity contribution in [2.45, 2.75) is 63.3 Å². The van der Waals surface area contributed by atoms with Crippen LogP contribution in [0.15, 0.2) is 6.07 Å². The van der Waals surface area contributed by atoms with Gasteiger partial charge in [0.15, 0.2) is 5.82 Å². The van der Waals surface area contributed by atoms with E-state index in [9.17, 15) is 4.79 Å². The molecule has 0 aromatic carbocycles. The van der Waals surface area contributed by atoms with E-state index in [0.717, 1.165) is 18.5 Å². The van der Waals surface area contributed by atoms with Crippen LogP contribution in [0.5, 0.6) is 0 Å². The van der Waals surface area contributed by atoms with Crippen LogP contribution in [0, 0.1) is 5.92 Å². The molecule has 1 amide bonds. The molecule has 23 heavy (non-hydrogen) atoms. The molecular formula is C17H28N4O2. The minimum absolute atomic E-state index is 0.143. The second-order valence-corrected chi connectivity index (χ2v) is 6.86. The van der Waals surface area contributed by atoms with Gasteiger partial charge in [0.1, 0.15) is 0 Å². The molecule has 0 spiro atoms. The quantitative estimate of drug-likeness (QED) is 0.743. The lowest BCUT2D eigenvalue weighted by atomic mass is 9.92. The number of carbonyl (C=O) groups excluding carboxylic acids is 1. The molecule has 1 aromatic rings. The number of amides is 1. The maximum atomic E-state index is 12.3. The number of nitrogens with zero attached hydrogens (tertiary/aromatic N) is 1. The number of hydrogen-bond acceptors (Lipinski definition) is 4. The van der Waals surface area contributed by atoms with Gasteiger partial charge in [-0.05, 0) is 31.6 Å². The fourth-order valence-electron chi connectivity index (χ4n) is 3.70. The summed E-state index contributed by atoms with van der Waals surface area (Å²) >= 11 is 0. The zero-order valence-electron chi connectivity index (χ0n) is 13.7. The van der Waals surface area contributed by atoms with Gasteiger partial charge < -0.3 is 15.8 Å². The van der Waals surface area contributed by atoms with Crippen LogP contribution in [0.2, 0.25) is 0 Å². The highest BCUT2D eigenvalue weighted by Gasteiger charge is 2.27. The number of carbonyl (C=O) groups is 1. The van der Waals surface area contributed by atoms with Crippen molar-refractivity contribution in [3.05, 3.63) is 11.8 Å². The maximum Gasteiger partial charge on any atom is 0.242 e. The second-order valence-electron chi connectivity index (χ2n) is 6.86. The van der Waals surface area contributed by atoms with Gasteiger partial charge in [0.25, 0.3) is 0 Å². The fraction of sp³-hybridized carbons (Fsp3) is 0.765. The summed E-state index contributed by atoms with van der Waals surface area (Å²) in [6.07, 6.45) is 9.32. The monoisotopic (exact) mass is 320 g/mol. The summed E-state index contributed by atoms with van der Waals surface area (Å²) < 4.78 is 5.32. The lowest BCUT2D eigenvalue weighted by molar-refractivity contribution is -0.119. The van der Waals surface area contributed by atoms with Gasteiger partial charge in [-0.3, -0.25) is 9.89 Å². The van der Waals surface area contributed by atoms with Crippen molar-refractivity contribution in [3.8, 4) is 0 Å². The molecule has 6 heteroatoms. The largest absolute Gasteiger partial charge is 0.381 e. The number of nitrogens with one attached hydrogen (secondary N) is 2. The number of ether oxygens (including phenoxy) is 1. The van der Waals surface area contributed by atoms with Crippen molar-refractivity contribution in [1.82, 2.24) is 10.2 Å². The average Bonchev–Trinajstić information content (AvgIpc) is 2.87. The lowest BCUT2D eigenvalue weighted by Gasteiger charge is -2.26. The van der Waals surface area contributed by atoms with Crippen LogP contribution in [0.3, 0.4) is 0 Å². The van der Waals surface area contributed by atoms with Crippen LogP contribution in [-0.2, 0) is 9.53 Å². The summed E-state index contributed by atoms with van der Waals surface area (Å²) in [5, 5.41) is 10.2. The van der Waals surface area contributed by atoms with E-state index in [2.05, 4.69) is 15.5 Å². The molecule has 4 N–H and O–H groups in total. The predicted octanol–water partition coefficient (Wildman–Crippen LogP) is 2.54. The third kappa shape index (κ3) is 4.32. The second kappa shape index (κ2) is 7.93. The maximum absolute atomic E-state index is 12.3. The molecule has 2 heterocycles. The number of aromatic amines is 1. The summed E-state index contributed by atoms with van der Waals surface area (Å²) in [7, 11) is 0. The Morgan fingerprint density at radius 1 is 1.22 bits per heavy atom. The molecule has 0 radical (unpaired) electrons. The first-order valence-electron chi connectivity index (χ1n) is 8.93. The minimum Gasteiger partial charge on any atom is -0.381 e. The zero-order valence-corrected chi connectivity index (χ0v) is 13.7. The average molecular weight is 320 g/mol. The smallest absolute Gasteiger partial charge is 0.242 e. The molecule has 128 valence electrons. The first-order chi connectivity index (χ1) is 11.2. The highest BCUT2D eigenvalue weighted by Crippen LogP contribution is 2.31. The topological polar surface area (TPSA) is 93.0 Å². The third-order valence-electron chi connectivity index (χ3n) is 5.22. The fourth-order valence-corrected chi connectivity index (χ4v) is 3.70. The van der Waals surface area contributed by atoms with E-state index in [0.29, 0.717) is 24.9 Å². The summed E-state index contributed by atoms with van der Waals surface area (Å²) in [5.41, 5.74) is 7.25. The van der Waals surface area contributed by atoms with E-state index >= 15 is 0 Å². The van der Waals surface area contributed by atoms with Crippen molar-refractivity contribution in [2.75, 3.05) is 18.5 Å². The Morgan fingerprint density at radius 2 is 1.91 bits per heavy atom. The summed E-state index contributed by atoms with van der Waals surface area (Å²) in [6.45, 7) is 1.39. The van der Waals surface area contributed by atoms with Crippen LogP contribution < -0.4 is 11.1 Å². The Balaban J connectivity index is 1.56. The first kappa shape index (κ1) is 16.5. The molecule has 1 unspecified atom stereocenters. The molecule has 1 saturated heterocycles. The molecule has 3 rings (SSSR count). The summed E-state index contributed by atoms with van der Waals surface area (Å²) in [5.74, 6) is 1.19. The Labute approximate surface area is 137 Å². The summed E-state index contributed by atoms with van der Waals surface area (Å²) in [4.78, 5) is 12.3. The molecule has 0 bridgehead atoms. The Hall–Kier alpha value is -1.40. The van der Waals surface area contributed by atoms with Crippen LogP contribution >= 0.6 is 0 Å². The van der Waals surface area contributed by atoms with Crippen molar-refractivity contribution in [3.63, 3.8) is 0 Å². The van der Waals surface area contributed by atoms with Crippen molar-refractivity contribution in [1.29, 1.82) is 0 Å². The van der Waals surface area contributed by atoms with Gasteiger partial charge in [-0.1, -0.05) is 25.7 Å². The van der Waals surface area contributed by atoms with Crippen LogP contribution in [0.4, 0.5) is 5.82 Å². The van der Waals surface area contributed by atoms with Gasteiger partial charge in [0.05, 0.1) is 6.04 Å². The number of nitrogens with two attached hydrogens (primary N) is 1. The minimum atomic E-state index is -0.489. The SMILES string of the molecule is NC(C(=O)Nc1cc(C2CCCCCC2)[nH]n1)C1CCOCC1. The van der Waals surface area contributed by atoms with Crippen molar-refractivity contribution < 1.29 is 9.53 Å². The molecule has 1 aromatic heterocycles. The molecule has 2 aliphatic rings. The molecule has 1 aliphatic carbocycles. The van der Waals surface area contributed by atoms with Gasteiger partial charge in [0, 0.05) is 30.9 Å². The zero-order chi connectivity index (χ0) is 16.1. The molecule has 6 nitrogen and oxygen atoms in total. The molecular weight excluding hydrogens is 292 g/mol. The molecule has 1 aliphatic heterocycles. The predicted molar refractivity (Wildman–Crippen MR) is 89.2 cm³/mol. The normalized spacial score (nSPS) is 22.5. The van der Waals surface area contributed by atoms with E-state index in [1.807, 2.05) is 6.07 Å². The van der Waals surface area contributed by atoms with Crippen LogP contribution in [0.25, 0.3) is 0 Å². The van der Waals surface area contributed by atoms with Gasteiger partial charge in [0.2, 0.25) is 5.91 Å². The Morgan fingerprint density at radius 3 is 2.61 bits per heavy atom. The van der Waals surface area contributed by atoms with E-state index in [4.69, 9.17) is 10.5 Å². The highest BCUT2D eigenvalue weighted by atomic mass is 16.5. The van der Waals surface area contributed by atoms with Gasteiger partial charge in [-0.25, -0.2) is 0 Å². The van der Waals surface area contributed by atoms with Crippen LogP contribution in [-0.4, -0.2) is 35.4 Å². The van der Waals surface area contributed by atoms with Gasteiger partial charge in [-0.2, -0.15) is 5.10 Å². The molecule has 2 fully saturated rings. The first-order valence-corrected chi connectivity index (χ1v) is 8.93. The van der Waals surface area contributed by atoms with Crippen LogP contribution in [0.1, 0.15) is 63.0 Å². The van der Waals surface area contributed by atoms with Gasteiger partial charge in [-0.15, -0.1) is 0 Å². The highest BCUT2D eigenvalue weighted by molar-refractivity contribution is 5.94. The lowest BCUT2D eigenvalue weighted by Crippen LogP contribution is -2.44. The third-order valence-corrected chi connectivity index (χ3v) is 5.22. The molecule has 1 saturated carbocycles. The summed E-state index contributed by atoms with van der Waals surface area (Å²) in [6, 6.07) is 1.49. The van der Waals surface area contributed by atoms with E-state index in [-0.39, 0.29) is 11.8 Å². The van der Waals surface area contributed by atoms with E-state index < -0.39 is 6.04 Å². The number of anilines is 1. The Kier molecular flexibility index (Phi) is 5.67. The Bertz CT molecular complexity index is 502. The van der Waals surface area contributed by atoms with Crippen molar-refractivity contribution >= 4 is 11.7 Å². The van der Waals surface area contributed by atoms with Crippen molar-refractivity contribution in [2.24, 2.45) is 11.7 Å². The van der Waals surface area contributed by atoms with E-state index in [1.54, 1.807) is 0 Å². The molecule has 1 atom stereocenters. The van der Waals surface area contributed by atoms with Gasteiger partial charge >= 0.3 is 0 Å².